The second-order valence-corrected chi connectivity index (χ2v) is 5.24. The summed E-state index contributed by atoms with van der Waals surface area (Å²) in [5.41, 5.74) is 0.421. The Morgan fingerprint density at radius 1 is 1.33 bits per heavy atom. The van der Waals surface area contributed by atoms with Crippen LogP contribution >= 0.6 is 0 Å². The molecule has 1 saturated carbocycles. The van der Waals surface area contributed by atoms with Crippen LogP contribution in [0.2, 0.25) is 0 Å². The van der Waals surface area contributed by atoms with Crippen molar-refractivity contribution in [3.8, 4) is 0 Å². The third-order valence-corrected chi connectivity index (χ3v) is 3.19. The highest BCUT2D eigenvalue weighted by molar-refractivity contribution is 4.84. The van der Waals surface area contributed by atoms with Crippen LogP contribution in [0.3, 0.4) is 0 Å². The lowest BCUT2D eigenvalue weighted by Crippen LogP contribution is -2.40. The smallest absolute Gasteiger partial charge is 0.0115 e. The minimum atomic E-state index is 0.421. The fraction of sp³-hybridized carbons (Fsp3) is 1.00. The fourth-order valence-electron chi connectivity index (χ4n) is 1.97. The van der Waals surface area contributed by atoms with E-state index in [9.17, 15) is 0 Å². The SMILES string of the molecule is CNC(CC1CCC1)C(C)(C)C. The first-order valence-electron chi connectivity index (χ1n) is 5.21. The molecule has 1 rings (SSSR count). The predicted octanol–water partition coefficient (Wildman–Crippen LogP) is 2.81. The van der Waals surface area contributed by atoms with Crippen molar-refractivity contribution in [1.29, 1.82) is 0 Å². The molecular weight excluding hydrogens is 146 g/mol. The normalized spacial score (nSPS) is 22.0. The summed E-state index contributed by atoms with van der Waals surface area (Å²) < 4.78 is 0. The Labute approximate surface area is 76.9 Å². The summed E-state index contributed by atoms with van der Waals surface area (Å²) in [6.07, 6.45) is 5.77. The van der Waals surface area contributed by atoms with Crippen molar-refractivity contribution in [3.63, 3.8) is 0 Å². The molecular formula is C11H23N. The first kappa shape index (κ1) is 10.0. The molecule has 0 heterocycles. The number of hydrogen-bond acceptors (Lipinski definition) is 1. The Hall–Kier alpha value is -0.0400. The molecule has 1 N–H and O–H groups in total. The molecule has 1 aliphatic rings. The summed E-state index contributed by atoms with van der Waals surface area (Å²) >= 11 is 0. The van der Waals surface area contributed by atoms with E-state index in [1.807, 2.05) is 0 Å². The highest BCUT2D eigenvalue weighted by atomic mass is 14.9. The molecule has 0 radical (unpaired) electrons. The maximum atomic E-state index is 3.44. The van der Waals surface area contributed by atoms with Gasteiger partial charge in [0.15, 0.2) is 0 Å². The highest BCUT2D eigenvalue weighted by Gasteiger charge is 2.28. The van der Waals surface area contributed by atoms with Crippen molar-refractivity contribution < 1.29 is 0 Å². The molecule has 1 unspecified atom stereocenters. The summed E-state index contributed by atoms with van der Waals surface area (Å²) in [6.45, 7) is 6.98. The van der Waals surface area contributed by atoms with Crippen LogP contribution in [-0.4, -0.2) is 13.1 Å². The molecule has 0 amide bonds. The van der Waals surface area contributed by atoms with E-state index in [1.165, 1.54) is 25.7 Å². The molecule has 0 aromatic rings. The van der Waals surface area contributed by atoms with Gasteiger partial charge in [-0.15, -0.1) is 0 Å². The number of nitrogens with one attached hydrogen (secondary N) is 1. The van der Waals surface area contributed by atoms with Crippen molar-refractivity contribution in [2.75, 3.05) is 7.05 Å². The number of rotatable bonds is 3. The van der Waals surface area contributed by atoms with Crippen LogP contribution in [0.5, 0.6) is 0 Å². The second kappa shape index (κ2) is 3.78. The molecule has 1 fully saturated rings. The van der Waals surface area contributed by atoms with E-state index in [0.717, 1.165) is 5.92 Å². The van der Waals surface area contributed by atoms with Crippen LogP contribution < -0.4 is 5.32 Å². The predicted molar refractivity (Wildman–Crippen MR) is 54.3 cm³/mol. The lowest BCUT2D eigenvalue weighted by Gasteiger charge is -2.36. The molecule has 1 aliphatic carbocycles. The third kappa shape index (κ3) is 2.48. The van der Waals surface area contributed by atoms with Crippen molar-refractivity contribution in [1.82, 2.24) is 5.32 Å². The van der Waals surface area contributed by atoms with Crippen molar-refractivity contribution >= 4 is 0 Å². The molecule has 1 atom stereocenters. The van der Waals surface area contributed by atoms with Gasteiger partial charge in [0, 0.05) is 6.04 Å². The van der Waals surface area contributed by atoms with E-state index in [2.05, 4.69) is 33.1 Å². The van der Waals surface area contributed by atoms with Gasteiger partial charge in [-0.1, -0.05) is 40.0 Å². The molecule has 0 aromatic heterocycles. The first-order chi connectivity index (χ1) is 5.54. The monoisotopic (exact) mass is 169 g/mol. The molecule has 0 aliphatic heterocycles. The fourth-order valence-corrected chi connectivity index (χ4v) is 1.97. The molecule has 0 spiro atoms. The lowest BCUT2D eigenvalue weighted by atomic mass is 9.74. The minimum absolute atomic E-state index is 0.421. The first-order valence-corrected chi connectivity index (χ1v) is 5.21. The Morgan fingerprint density at radius 3 is 2.17 bits per heavy atom. The van der Waals surface area contributed by atoms with Crippen LogP contribution in [0.4, 0.5) is 0 Å². The Bertz CT molecular complexity index is 130. The summed E-state index contributed by atoms with van der Waals surface area (Å²) in [5.74, 6) is 1.02. The average Bonchev–Trinajstić information content (AvgIpc) is 1.82. The Kier molecular flexibility index (Phi) is 3.16. The molecule has 72 valence electrons. The van der Waals surface area contributed by atoms with Gasteiger partial charge >= 0.3 is 0 Å². The minimum Gasteiger partial charge on any atom is -0.316 e. The zero-order chi connectivity index (χ0) is 9.19. The Morgan fingerprint density at radius 2 is 1.92 bits per heavy atom. The maximum Gasteiger partial charge on any atom is 0.0115 e. The Balaban J connectivity index is 2.34. The van der Waals surface area contributed by atoms with E-state index < -0.39 is 0 Å². The zero-order valence-corrected chi connectivity index (χ0v) is 8.98. The molecule has 12 heavy (non-hydrogen) atoms. The van der Waals surface area contributed by atoms with Gasteiger partial charge in [-0.3, -0.25) is 0 Å². The van der Waals surface area contributed by atoms with Crippen LogP contribution in [0.1, 0.15) is 46.5 Å². The largest absolute Gasteiger partial charge is 0.316 e. The van der Waals surface area contributed by atoms with Crippen LogP contribution in [0, 0.1) is 11.3 Å². The van der Waals surface area contributed by atoms with Crippen LogP contribution in [0.15, 0.2) is 0 Å². The van der Waals surface area contributed by atoms with E-state index in [1.54, 1.807) is 0 Å². The molecule has 1 nitrogen and oxygen atoms in total. The lowest BCUT2D eigenvalue weighted by molar-refractivity contribution is 0.190. The highest BCUT2D eigenvalue weighted by Crippen LogP contribution is 2.34. The van der Waals surface area contributed by atoms with Crippen LogP contribution in [-0.2, 0) is 0 Å². The summed E-state index contributed by atoms with van der Waals surface area (Å²) in [4.78, 5) is 0. The van der Waals surface area contributed by atoms with Gasteiger partial charge in [-0.25, -0.2) is 0 Å². The second-order valence-electron chi connectivity index (χ2n) is 5.24. The molecule has 1 heteroatoms. The third-order valence-electron chi connectivity index (χ3n) is 3.19. The van der Waals surface area contributed by atoms with Crippen LogP contribution in [0.25, 0.3) is 0 Å². The van der Waals surface area contributed by atoms with E-state index >= 15 is 0 Å². The standard InChI is InChI=1S/C11H23N/c1-11(2,3)10(12-4)8-9-6-5-7-9/h9-10,12H,5-8H2,1-4H3. The summed E-state index contributed by atoms with van der Waals surface area (Å²) in [7, 11) is 2.09. The van der Waals surface area contributed by atoms with Gasteiger partial charge in [0.25, 0.3) is 0 Å². The van der Waals surface area contributed by atoms with Gasteiger partial charge < -0.3 is 5.32 Å². The van der Waals surface area contributed by atoms with E-state index in [-0.39, 0.29) is 0 Å². The molecule has 0 saturated heterocycles. The van der Waals surface area contributed by atoms with Gasteiger partial charge in [0.1, 0.15) is 0 Å². The van der Waals surface area contributed by atoms with Crippen molar-refractivity contribution in [3.05, 3.63) is 0 Å². The number of hydrogen-bond donors (Lipinski definition) is 1. The van der Waals surface area contributed by atoms with Gasteiger partial charge in [0.05, 0.1) is 0 Å². The van der Waals surface area contributed by atoms with Crippen molar-refractivity contribution in [2.24, 2.45) is 11.3 Å². The maximum absolute atomic E-state index is 3.44. The van der Waals surface area contributed by atoms with Crippen molar-refractivity contribution in [2.45, 2.75) is 52.5 Å². The van der Waals surface area contributed by atoms with Gasteiger partial charge in [-0.05, 0) is 24.8 Å². The average molecular weight is 169 g/mol. The van der Waals surface area contributed by atoms with E-state index in [0.29, 0.717) is 11.5 Å². The summed E-state index contributed by atoms with van der Waals surface area (Å²) in [5, 5.41) is 3.44. The topological polar surface area (TPSA) is 12.0 Å². The van der Waals surface area contributed by atoms with Gasteiger partial charge in [0.2, 0.25) is 0 Å². The molecule has 0 aromatic carbocycles. The quantitative estimate of drug-likeness (QED) is 0.685. The molecule has 0 bridgehead atoms. The van der Waals surface area contributed by atoms with E-state index in [4.69, 9.17) is 0 Å². The summed E-state index contributed by atoms with van der Waals surface area (Å²) in [6, 6.07) is 0.697. The zero-order valence-electron chi connectivity index (χ0n) is 8.98. The van der Waals surface area contributed by atoms with Gasteiger partial charge in [-0.2, -0.15) is 0 Å².